The number of hydrogen-bond acceptors (Lipinski definition) is 5. The molecule has 5 nitrogen and oxygen atoms in total. The van der Waals surface area contributed by atoms with E-state index in [1.807, 2.05) is 25.1 Å². The van der Waals surface area contributed by atoms with Gasteiger partial charge in [-0.1, -0.05) is 29.9 Å². The van der Waals surface area contributed by atoms with Crippen LogP contribution in [0.1, 0.15) is 19.1 Å². The molecule has 0 saturated heterocycles. The first-order valence-corrected chi connectivity index (χ1v) is 6.89. The Bertz CT molecular complexity index is 542. The minimum absolute atomic E-state index is 0.0912. The molecule has 2 aromatic heterocycles. The number of aryl methyl sites for hydroxylation is 1. The lowest BCUT2D eigenvalue weighted by molar-refractivity contribution is -0.115. The number of nitrogens with zero attached hydrogens (tertiary/aromatic N) is 2. The molecule has 19 heavy (non-hydrogen) atoms. The third kappa shape index (κ3) is 3.82. The first-order chi connectivity index (χ1) is 9.19. The van der Waals surface area contributed by atoms with Gasteiger partial charge in [-0.05, 0) is 25.5 Å². The van der Waals surface area contributed by atoms with Gasteiger partial charge in [0, 0.05) is 12.3 Å². The molecular weight excluding hydrogens is 262 g/mol. The van der Waals surface area contributed by atoms with Crippen molar-refractivity contribution in [2.45, 2.75) is 30.5 Å². The van der Waals surface area contributed by atoms with E-state index >= 15 is 0 Å². The van der Waals surface area contributed by atoms with Crippen molar-refractivity contribution < 1.29 is 9.32 Å². The predicted octanol–water partition coefficient (Wildman–Crippen LogP) is 2.89. The molecule has 0 saturated carbocycles. The topological polar surface area (TPSA) is 68.0 Å². The van der Waals surface area contributed by atoms with Crippen LogP contribution < -0.4 is 5.32 Å². The Labute approximate surface area is 115 Å². The smallest absolute Gasteiger partial charge is 0.239 e. The summed E-state index contributed by atoms with van der Waals surface area (Å²) in [5.41, 5.74) is 0. The molecule has 0 fully saturated rings. The number of aromatic nitrogens is 2. The van der Waals surface area contributed by atoms with Crippen LogP contribution in [0.4, 0.5) is 5.82 Å². The SMILES string of the molecule is CC[C@@H](Sc1ccccn1)C(=O)Nc1cc(C)on1. The van der Waals surface area contributed by atoms with E-state index in [0.29, 0.717) is 18.0 Å². The highest BCUT2D eigenvalue weighted by molar-refractivity contribution is 8.00. The molecule has 0 aliphatic heterocycles. The van der Waals surface area contributed by atoms with Crippen molar-refractivity contribution in [2.24, 2.45) is 0 Å². The van der Waals surface area contributed by atoms with Crippen molar-refractivity contribution in [1.82, 2.24) is 10.1 Å². The fourth-order valence-corrected chi connectivity index (χ4v) is 2.42. The molecule has 2 aromatic rings. The highest BCUT2D eigenvalue weighted by Crippen LogP contribution is 2.24. The van der Waals surface area contributed by atoms with Crippen LogP contribution in [0, 0.1) is 6.92 Å². The molecule has 2 rings (SSSR count). The lowest BCUT2D eigenvalue weighted by Gasteiger charge is -2.12. The summed E-state index contributed by atoms with van der Waals surface area (Å²) in [6, 6.07) is 7.33. The van der Waals surface area contributed by atoms with Crippen molar-refractivity contribution in [2.75, 3.05) is 5.32 Å². The fourth-order valence-electron chi connectivity index (χ4n) is 1.52. The molecule has 6 heteroatoms. The molecule has 2 heterocycles. The van der Waals surface area contributed by atoms with E-state index < -0.39 is 0 Å². The second-order valence-electron chi connectivity index (χ2n) is 3.99. The summed E-state index contributed by atoms with van der Waals surface area (Å²) in [5.74, 6) is 1.02. The molecule has 0 aromatic carbocycles. The fraction of sp³-hybridized carbons (Fsp3) is 0.308. The average Bonchev–Trinajstić information content (AvgIpc) is 2.82. The molecule has 0 radical (unpaired) electrons. The maximum atomic E-state index is 12.1. The lowest BCUT2D eigenvalue weighted by atomic mass is 10.3. The van der Waals surface area contributed by atoms with Gasteiger partial charge in [-0.2, -0.15) is 0 Å². The summed E-state index contributed by atoms with van der Waals surface area (Å²) in [7, 11) is 0. The zero-order chi connectivity index (χ0) is 13.7. The molecule has 0 unspecified atom stereocenters. The van der Waals surface area contributed by atoms with Gasteiger partial charge in [0.25, 0.3) is 0 Å². The van der Waals surface area contributed by atoms with Crippen molar-refractivity contribution in [3.63, 3.8) is 0 Å². The van der Waals surface area contributed by atoms with Crippen LogP contribution in [0.25, 0.3) is 0 Å². The maximum absolute atomic E-state index is 12.1. The second kappa shape index (κ2) is 6.38. The van der Waals surface area contributed by atoms with Crippen molar-refractivity contribution in [1.29, 1.82) is 0 Å². The quantitative estimate of drug-likeness (QED) is 0.851. The van der Waals surface area contributed by atoms with E-state index in [1.165, 1.54) is 11.8 Å². The number of amides is 1. The summed E-state index contributed by atoms with van der Waals surface area (Å²) in [6.07, 6.45) is 2.43. The molecule has 1 atom stereocenters. The third-order valence-electron chi connectivity index (χ3n) is 2.44. The summed E-state index contributed by atoms with van der Waals surface area (Å²) >= 11 is 1.44. The zero-order valence-electron chi connectivity index (χ0n) is 10.8. The van der Waals surface area contributed by atoms with Crippen LogP contribution in [-0.2, 0) is 4.79 Å². The van der Waals surface area contributed by atoms with Crippen LogP contribution >= 0.6 is 11.8 Å². The standard InChI is InChI=1S/C13H15N3O2S/c1-3-10(19-12-6-4-5-7-14-12)13(17)15-11-8-9(2)18-16-11/h4-8,10H,3H2,1-2H3,(H,15,16,17)/t10-/m1/s1. The molecule has 1 amide bonds. The maximum Gasteiger partial charge on any atom is 0.239 e. The third-order valence-corrected chi connectivity index (χ3v) is 3.76. The van der Waals surface area contributed by atoms with E-state index in [-0.39, 0.29) is 11.2 Å². The molecule has 1 N–H and O–H groups in total. The summed E-state index contributed by atoms with van der Waals surface area (Å²) in [4.78, 5) is 16.3. The van der Waals surface area contributed by atoms with E-state index in [1.54, 1.807) is 19.2 Å². The van der Waals surface area contributed by atoms with Crippen LogP contribution in [0.15, 0.2) is 40.0 Å². The first kappa shape index (κ1) is 13.6. The number of hydrogen-bond donors (Lipinski definition) is 1. The minimum atomic E-state index is -0.202. The van der Waals surface area contributed by atoms with Gasteiger partial charge in [0.1, 0.15) is 5.76 Å². The summed E-state index contributed by atoms with van der Waals surface area (Å²) < 4.78 is 4.91. The number of nitrogens with one attached hydrogen (secondary N) is 1. The Hall–Kier alpha value is -1.82. The predicted molar refractivity (Wildman–Crippen MR) is 74.0 cm³/mol. The number of carbonyl (C=O) groups is 1. The van der Waals surface area contributed by atoms with Gasteiger partial charge >= 0.3 is 0 Å². The van der Waals surface area contributed by atoms with E-state index in [9.17, 15) is 4.79 Å². The summed E-state index contributed by atoms with van der Waals surface area (Å²) in [5, 5.41) is 7.12. The van der Waals surface area contributed by atoms with Crippen molar-refractivity contribution >= 4 is 23.5 Å². The first-order valence-electron chi connectivity index (χ1n) is 6.01. The van der Waals surface area contributed by atoms with Crippen LogP contribution in [0.3, 0.4) is 0 Å². The number of thioether (sulfide) groups is 1. The normalized spacial score (nSPS) is 12.1. The highest BCUT2D eigenvalue weighted by Gasteiger charge is 2.19. The van der Waals surface area contributed by atoms with Crippen molar-refractivity contribution in [3.05, 3.63) is 36.2 Å². The minimum Gasteiger partial charge on any atom is -0.360 e. The number of carbonyl (C=O) groups excluding carboxylic acids is 1. The largest absolute Gasteiger partial charge is 0.360 e. The Morgan fingerprint density at radius 2 is 2.37 bits per heavy atom. The Morgan fingerprint density at radius 1 is 1.53 bits per heavy atom. The van der Waals surface area contributed by atoms with Gasteiger partial charge in [0.15, 0.2) is 5.82 Å². The van der Waals surface area contributed by atoms with E-state index in [0.717, 1.165) is 5.03 Å². The lowest BCUT2D eigenvalue weighted by Crippen LogP contribution is -2.24. The molecule has 0 aliphatic carbocycles. The molecular formula is C13H15N3O2S. The molecule has 100 valence electrons. The van der Waals surface area contributed by atoms with E-state index in [4.69, 9.17) is 4.52 Å². The monoisotopic (exact) mass is 277 g/mol. The molecule has 0 spiro atoms. The Kier molecular flexibility index (Phi) is 4.57. The van der Waals surface area contributed by atoms with E-state index in [2.05, 4.69) is 15.5 Å². The Balaban J connectivity index is 1.99. The van der Waals surface area contributed by atoms with Gasteiger partial charge in [-0.3, -0.25) is 4.79 Å². The van der Waals surface area contributed by atoms with Gasteiger partial charge in [0.2, 0.25) is 5.91 Å². The zero-order valence-corrected chi connectivity index (χ0v) is 11.6. The van der Waals surface area contributed by atoms with Gasteiger partial charge in [-0.25, -0.2) is 4.98 Å². The highest BCUT2D eigenvalue weighted by atomic mass is 32.2. The van der Waals surface area contributed by atoms with Gasteiger partial charge in [-0.15, -0.1) is 0 Å². The second-order valence-corrected chi connectivity index (χ2v) is 5.22. The van der Waals surface area contributed by atoms with Crippen LogP contribution in [-0.4, -0.2) is 21.3 Å². The number of rotatable bonds is 5. The molecule has 0 aliphatic rings. The summed E-state index contributed by atoms with van der Waals surface area (Å²) in [6.45, 7) is 3.75. The average molecular weight is 277 g/mol. The van der Waals surface area contributed by atoms with Crippen LogP contribution in [0.5, 0.6) is 0 Å². The number of pyridine rings is 1. The Morgan fingerprint density at radius 3 is 2.95 bits per heavy atom. The van der Waals surface area contributed by atoms with Crippen LogP contribution in [0.2, 0.25) is 0 Å². The van der Waals surface area contributed by atoms with Gasteiger partial charge in [0.05, 0.1) is 10.3 Å². The van der Waals surface area contributed by atoms with Crippen molar-refractivity contribution in [3.8, 4) is 0 Å². The molecule has 0 bridgehead atoms. The van der Waals surface area contributed by atoms with Gasteiger partial charge < -0.3 is 9.84 Å². The number of anilines is 1.